The Bertz CT molecular complexity index is 293. The second-order valence-electron chi connectivity index (χ2n) is 4.71. The molecule has 0 saturated carbocycles. The van der Waals surface area contributed by atoms with Gasteiger partial charge in [-0.15, -0.1) is 0 Å². The number of hydrogen-bond donors (Lipinski definition) is 0. The Morgan fingerprint density at radius 2 is 1.88 bits per heavy atom. The van der Waals surface area contributed by atoms with Gasteiger partial charge in [0.05, 0.1) is 13.2 Å². The maximum absolute atomic E-state index is 5.36. The number of morpholine rings is 1. The van der Waals surface area contributed by atoms with Crippen LogP contribution in [0, 0.1) is 5.92 Å². The SMILES string of the molecule is CC(Cc1ccccc1)CN1CCOCC1. The van der Waals surface area contributed by atoms with Gasteiger partial charge in [0.25, 0.3) is 0 Å². The van der Waals surface area contributed by atoms with Gasteiger partial charge in [-0.25, -0.2) is 0 Å². The average Bonchev–Trinajstić information content (AvgIpc) is 2.31. The fraction of sp³-hybridized carbons (Fsp3) is 0.571. The van der Waals surface area contributed by atoms with Crippen LogP contribution < -0.4 is 0 Å². The molecule has 0 N–H and O–H groups in total. The van der Waals surface area contributed by atoms with Crippen LogP contribution >= 0.6 is 0 Å². The van der Waals surface area contributed by atoms with Crippen molar-refractivity contribution >= 4 is 0 Å². The summed E-state index contributed by atoms with van der Waals surface area (Å²) in [6.07, 6.45) is 1.18. The summed E-state index contributed by atoms with van der Waals surface area (Å²) in [6.45, 7) is 7.52. The Labute approximate surface area is 98.2 Å². The van der Waals surface area contributed by atoms with E-state index in [2.05, 4.69) is 42.2 Å². The molecule has 0 radical (unpaired) electrons. The van der Waals surface area contributed by atoms with Crippen LogP contribution in [0.3, 0.4) is 0 Å². The molecule has 16 heavy (non-hydrogen) atoms. The van der Waals surface area contributed by atoms with Crippen LogP contribution in [0.15, 0.2) is 30.3 Å². The monoisotopic (exact) mass is 219 g/mol. The van der Waals surface area contributed by atoms with Crippen LogP contribution in [0.1, 0.15) is 12.5 Å². The summed E-state index contributed by atoms with van der Waals surface area (Å²) in [6, 6.07) is 10.8. The van der Waals surface area contributed by atoms with E-state index in [-0.39, 0.29) is 0 Å². The predicted octanol–water partition coefficient (Wildman–Crippen LogP) is 2.20. The van der Waals surface area contributed by atoms with Crippen molar-refractivity contribution < 1.29 is 4.74 Å². The van der Waals surface area contributed by atoms with Gasteiger partial charge in [-0.2, -0.15) is 0 Å². The molecule has 1 aromatic carbocycles. The highest BCUT2D eigenvalue weighted by Crippen LogP contribution is 2.10. The van der Waals surface area contributed by atoms with Crippen molar-refractivity contribution in [2.24, 2.45) is 5.92 Å². The quantitative estimate of drug-likeness (QED) is 0.769. The maximum atomic E-state index is 5.36. The Kier molecular flexibility index (Phi) is 4.37. The predicted molar refractivity (Wildman–Crippen MR) is 66.6 cm³/mol. The van der Waals surface area contributed by atoms with E-state index in [0.717, 1.165) is 32.2 Å². The number of ether oxygens (including phenoxy) is 1. The molecule has 0 spiro atoms. The number of rotatable bonds is 4. The molecule has 1 unspecified atom stereocenters. The van der Waals surface area contributed by atoms with Gasteiger partial charge in [0.1, 0.15) is 0 Å². The Balaban J connectivity index is 1.77. The molecule has 1 fully saturated rings. The van der Waals surface area contributed by atoms with E-state index in [9.17, 15) is 0 Å². The lowest BCUT2D eigenvalue weighted by molar-refractivity contribution is 0.0318. The molecule has 0 amide bonds. The van der Waals surface area contributed by atoms with Gasteiger partial charge in [0.15, 0.2) is 0 Å². The van der Waals surface area contributed by atoms with Gasteiger partial charge >= 0.3 is 0 Å². The van der Waals surface area contributed by atoms with Gasteiger partial charge in [0, 0.05) is 19.6 Å². The lowest BCUT2D eigenvalue weighted by atomic mass is 10.0. The highest BCUT2D eigenvalue weighted by Gasteiger charge is 2.13. The molecule has 1 heterocycles. The van der Waals surface area contributed by atoms with Gasteiger partial charge in [-0.1, -0.05) is 37.3 Å². The van der Waals surface area contributed by atoms with E-state index >= 15 is 0 Å². The summed E-state index contributed by atoms with van der Waals surface area (Å²) >= 11 is 0. The smallest absolute Gasteiger partial charge is 0.0594 e. The van der Waals surface area contributed by atoms with Gasteiger partial charge in [-0.05, 0) is 17.9 Å². The van der Waals surface area contributed by atoms with Crippen LogP contribution in [0.25, 0.3) is 0 Å². The molecule has 0 aliphatic carbocycles. The van der Waals surface area contributed by atoms with Gasteiger partial charge in [0.2, 0.25) is 0 Å². The highest BCUT2D eigenvalue weighted by molar-refractivity contribution is 5.15. The Hall–Kier alpha value is -0.860. The summed E-state index contributed by atoms with van der Waals surface area (Å²) in [5, 5.41) is 0. The van der Waals surface area contributed by atoms with Crippen LogP contribution in [0.2, 0.25) is 0 Å². The minimum atomic E-state index is 0.723. The maximum Gasteiger partial charge on any atom is 0.0594 e. The molecule has 2 rings (SSSR count). The number of nitrogens with zero attached hydrogens (tertiary/aromatic N) is 1. The van der Waals surface area contributed by atoms with Crippen molar-refractivity contribution in [3.8, 4) is 0 Å². The molecule has 88 valence electrons. The average molecular weight is 219 g/mol. The second kappa shape index (κ2) is 6.02. The Morgan fingerprint density at radius 3 is 2.56 bits per heavy atom. The van der Waals surface area contributed by atoms with Crippen LogP contribution in [0.5, 0.6) is 0 Å². The van der Waals surface area contributed by atoms with Crippen LogP contribution in [-0.4, -0.2) is 37.7 Å². The van der Waals surface area contributed by atoms with E-state index in [4.69, 9.17) is 4.74 Å². The minimum Gasteiger partial charge on any atom is -0.379 e. The minimum absolute atomic E-state index is 0.723. The highest BCUT2D eigenvalue weighted by atomic mass is 16.5. The molecule has 1 aliphatic rings. The summed E-state index contributed by atoms with van der Waals surface area (Å²) in [5.41, 5.74) is 1.45. The molecule has 2 nitrogen and oxygen atoms in total. The molecule has 1 atom stereocenters. The van der Waals surface area contributed by atoms with E-state index in [1.165, 1.54) is 18.5 Å². The van der Waals surface area contributed by atoms with E-state index in [0.29, 0.717) is 0 Å². The zero-order chi connectivity index (χ0) is 11.2. The van der Waals surface area contributed by atoms with Crippen molar-refractivity contribution in [3.05, 3.63) is 35.9 Å². The second-order valence-corrected chi connectivity index (χ2v) is 4.71. The normalized spacial score (nSPS) is 19.6. The van der Waals surface area contributed by atoms with Crippen molar-refractivity contribution in [2.75, 3.05) is 32.8 Å². The van der Waals surface area contributed by atoms with Crippen molar-refractivity contribution in [1.29, 1.82) is 0 Å². The third-order valence-corrected chi connectivity index (χ3v) is 3.10. The fourth-order valence-electron chi connectivity index (χ4n) is 2.31. The van der Waals surface area contributed by atoms with Crippen LogP contribution in [-0.2, 0) is 11.2 Å². The molecule has 0 aromatic heterocycles. The topological polar surface area (TPSA) is 12.5 Å². The van der Waals surface area contributed by atoms with Crippen molar-refractivity contribution in [1.82, 2.24) is 4.90 Å². The standard InChI is InChI=1S/C14H21NO/c1-13(11-14-5-3-2-4-6-14)12-15-7-9-16-10-8-15/h2-6,13H,7-12H2,1H3. The van der Waals surface area contributed by atoms with Crippen molar-refractivity contribution in [3.63, 3.8) is 0 Å². The summed E-state index contributed by atoms with van der Waals surface area (Å²) in [4.78, 5) is 2.51. The molecule has 0 bridgehead atoms. The first kappa shape index (κ1) is 11.6. The molecular weight excluding hydrogens is 198 g/mol. The zero-order valence-corrected chi connectivity index (χ0v) is 10.1. The Morgan fingerprint density at radius 1 is 1.19 bits per heavy atom. The van der Waals surface area contributed by atoms with Gasteiger partial charge < -0.3 is 4.74 Å². The van der Waals surface area contributed by atoms with Crippen molar-refractivity contribution in [2.45, 2.75) is 13.3 Å². The zero-order valence-electron chi connectivity index (χ0n) is 10.1. The molecule has 1 aliphatic heterocycles. The summed E-state index contributed by atoms with van der Waals surface area (Å²) in [7, 11) is 0. The summed E-state index contributed by atoms with van der Waals surface area (Å²) in [5.74, 6) is 0.723. The third-order valence-electron chi connectivity index (χ3n) is 3.10. The van der Waals surface area contributed by atoms with Gasteiger partial charge in [-0.3, -0.25) is 4.90 Å². The molecular formula is C14H21NO. The van der Waals surface area contributed by atoms with Crippen LogP contribution in [0.4, 0.5) is 0 Å². The lowest BCUT2D eigenvalue weighted by Crippen LogP contribution is -2.39. The lowest BCUT2D eigenvalue weighted by Gasteiger charge is -2.29. The first-order valence-corrected chi connectivity index (χ1v) is 6.18. The van der Waals surface area contributed by atoms with E-state index in [1.807, 2.05) is 0 Å². The third kappa shape index (κ3) is 3.62. The first-order valence-electron chi connectivity index (χ1n) is 6.18. The number of hydrogen-bond acceptors (Lipinski definition) is 2. The molecule has 2 heteroatoms. The largest absolute Gasteiger partial charge is 0.379 e. The summed E-state index contributed by atoms with van der Waals surface area (Å²) < 4.78 is 5.36. The first-order chi connectivity index (χ1) is 7.84. The fourth-order valence-corrected chi connectivity index (χ4v) is 2.31. The van der Waals surface area contributed by atoms with E-state index in [1.54, 1.807) is 0 Å². The number of benzene rings is 1. The molecule has 1 aromatic rings. The van der Waals surface area contributed by atoms with E-state index < -0.39 is 0 Å². The molecule has 1 saturated heterocycles.